The Morgan fingerprint density at radius 3 is 2.65 bits per heavy atom. The molecule has 6 heteroatoms. The average Bonchev–Trinajstić information content (AvgIpc) is 2.70. The molecule has 1 unspecified atom stereocenters. The Kier molecular flexibility index (Phi) is 5.06. The van der Waals surface area contributed by atoms with Gasteiger partial charge in [0, 0.05) is 13.0 Å². The van der Waals surface area contributed by atoms with Crippen LogP contribution in [-0.4, -0.2) is 31.3 Å². The molecule has 0 fully saturated rings. The minimum Gasteiger partial charge on any atom is -0.481 e. The van der Waals surface area contributed by atoms with Crippen LogP contribution in [0.2, 0.25) is 0 Å². The van der Waals surface area contributed by atoms with Gasteiger partial charge < -0.3 is 5.11 Å². The molecule has 1 aromatic rings. The number of carboxylic acid groups (broad SMARTS) is 1. The van der Waals surface area contributed by atoms with Crippen LogP contribution in [-0.2, 0) is 17.8 Å². The standard InChI is InChI=1S/C11H20N4O2/c1-8(2)4-5-10-12-13-14-15(10)7-6-9(3)11(16)17/h8-9H,4-7H2,1-3H3,(H,16,17). The predicted octanol–water partition coefficient (Wildman–Crippen LogP) is 1.37. The van der Waals surface area contributed by atoms with Crippen molar-refractivity contribution in [2.75, 3.05) is 0 Å². The third-order valence-electron chi connectivity index (χ3n) is 2.75. The lowest BCUT2D eigenvalue weighted by Gasteiger charge is -2.08. The van der Waals surface area contributed by atoms with Crippen LogP contribution in [0.5, 0.6) is 0 Å². The highest BCUT2D eigenvalue weighted by atomic mass is 16.4. The van der Waals surface area contributed by atoms with E-state index in [1.165, 1.54) is 0 Å². The highest BCUT2D eigenvalue weighted by Crippen LogP contribution is 2.08. The molecule has 0 amide bonds. The SMILES string of the molecule is CC(C)CCc1nnnn1CCC(C)C(=O)O. The fraction of sp³-hybridized carbons (Fsp3) is 0.818. The molecule has 1 rings (SSSR count). The van der Waals surface area contributed by atoms with Gasteiger partial charge in [0.15, 0.2) is 5.82 Å². The first-order valence-corrected chi connectivity index (χ1v) is 5.98. The molecule has 17 heavy (non-hydrogen) atoms. The molecule has 0 aliphatic heterocycles. The third-order valence-corrected chi connectivity index (χ3v) is 2.75. The summed E-state index contributed by atoms with van der Waals surface area (Å²) in [5.41, 5.74) is 0. The molecule has 0 radical (unpaired) electrons. The van der Waals surface area contributed by atoms with E-state index in [0.717, 1.165) is 18.7 Å². The number of nitrogens with zero attached hydrogens (tertiary/aromatic N) is 4. The summed E-state index contributed by atoms with van der Waals surface area (Å²) < 4.78 is 1.71. The first-order chi connectivity index (χ1) is 8.00. The summed E-state index contributed by atoms with van der Waals surface area (Å²) in [7, 11) is 0. The quantitative estimate of drug-likeness (QED) is 0.778. The van der Waals surface area contributed by atoms with Gasteiger partial charge in [0.05, 0.1) is 5.92 Å². The normalized spacial score (nSPS) is 12.9. The van der Waals surface area contributed by atoms with Gasteiger partial charge >= 0.3 is 5.97 Å². The highest BCUT2D eigenvalue weighted by Gasteiger charge is 2.13. The molecule has 0 saturated carbocycles. The van der Waals surface area contributed by atoms with Crippen LogP contribution in [0.1, 0.15) is 39.4 Å². The molecule has 0 bridgehead atoms. The van der Waals surface area contributed by atoms with Crippen molar-refractivity contribution in [1.82, 2.24) is 20.2 Å². The van der Waals surface area contributed by atoms with E-state index in [0.29, 0.717) is 18.9 Å². The highest BCUT2D eigenvalue weighted by molar-refractivity contribution is 5.69. The van der Waals surface area contributed by atoms with Gasteiger partial charge in [0.1, 0.15) is 0 Å². The largest absolute Gasteiger partial charge is 0.481 e. The molecule has 1 heterocycles. The number of aryl methyl sites for hydroxylation is 2. The zero-order valence-electron chi connectivity index (χ0n) is 10.6. The zero-order valence-corrected chi connectivity index (χ0v) is 10.6. The molecule has 1 atom stereocenters. The monoisotopic (exact) mass is 240 g/mol. The van der Waals surface area contributed by atoms with Crippen molar-refractivity contribution in [2.45, 2.75) is 46.6 Å². The second kappa shape index (κ2) is 6.32. The molecule has 6 nitrogen and oxygen atoms in total. The lowest BCUT2D eigenvalue weighted by Crippen LogP contribution is -2.15. The smallest absolute Gasteiger partial charge is 0.306 e. The fourth-order valence-electron chi connectivity index (χ4n) is 1.43. The minimum absolute atomic E-state index is 0.364. The van der Waals surface area contributed by atoms with Crippen molar-refractivity contribution in [1.29, 1.82) is 0 Å². The Morgan fingerprint density at radius 2 is 2.06 bits per heavy atom. The fourth-order valence-corrected chi connectivity index (χ4v) is 1.43. The molecule has 0 aliphatic rings. The Morgan fingerprint density at radius 1 is 1.35 bits per heavy atom. The number of carbonyl (C=O) groups is 1. The van der Waals surface area contributed by atoms with E-state index < -0.39 is 5.97 Å². The molecule has 0 spiro atoms. The summed E-state index contributed by atoms with van der Waals surface area (Å²) in [4.78, 5) is 10.7. The minimum atomic E-state index is -0.776. The van der Waals surface area contributed by atoms with E-state index in [9.17, 15) is 4.79 Å². The van der Waals surface area contributed by atoms with Crippen molar-refractivity contribution in [3.05, 3.63) is 5.82 Å². The molecular formula is C11H20N4O2. The van der Waals surface area contributed by atoms with Crippen molar-refractivity contribution in [2.24, 2.45) is 11.8 Å². The van der Waals surface area contributed by atoms with Gasteiger partial charge in [-0.1, -0.05) is 20.8 Å². The molecule has 0 aromatic carbocycles. The summed E-state index contributed by atoms with van der Waals surface area (Å²) in [6.07, 6.45) is 2.43. The van der Waals surface area contributed by atoms with Crippen molar-refractivity contribution >= 4 is 5.97 Å². The number of rotatable bonds is 7. The van der Waals surface area contributed by atoms with Gasteiger partial charge in [-0.05, 0) is 29.2 Å². The van der Waals surface area contributed by atoms with E-state index in [2.05, 4.69) is 29.4 Å². The first-order valence-electron chi connectivity index (χ1n) is 5.98. The van der Waals surface area contributed by atoms with Gasteiger partial charge in [0.25, 0.3) is 0 Å². The Bertz CT molecular complexity index is 362. The van der Waals surface area contributed by atoms with Crippen LogP contribution >= 0.6 is 0 Å². The number of hydrogen-bond donors (Lipinski definition) is 1. The number of hydrogen-bond acceptors (Lipinski definition) is 4. The number of aliphatic carboxylic acids is 1. The Labute approximate surface area is 101 Å². The number of aromatic nitrogens is 4. The van der Waals surface area contributed by atoms with E-state index in [4.69, 9.17) is 5.11 Å². The predicted molar refractivity (Wildman–Crippen MR) is 62.4 cm³/mol. The van der Waals surface area contributed by atoms with Crippen molar-refractivity contribution in [3.63, 3.8) is 0 Å². The maximum atomic E-state index is 10.7. The molecule has 1 aromatic heterocycles. The van der Waals surface area contributed by atoms with Gasteiger partial charge in [0.2, 0.25) is 0 Å². The second-order valence-corrected chi connectivity index (χ2v) is 4.78. The van der Waals surface area contributed by atoms with Crippen LogP contribution in [0.15, 0.2) is 0 Å². The number of tetrazole rings is 1. The van der Waals surface area contributed by atoms with E-state index in [1.54, 1.807) is 11.6 Å². The topological polar surface area (TPSA) is 80.9 Å². The third kappa shape index (κ3) is 4.50. The summed E-state index contributed by atoms with van der Waals surface area (Å²) in [6, 6.07) is 0. The summed E-state index contributed by atoms with van der Waals surface area (Å²) >= 11 is 0. The molecule has 0 aliphatic carbocycles. The van der Waals surface area contributed by atoms with Crippen molar-refractivity contribution < 1.29 is 9.90 Å². The number of carboxylic acids is 1. The van der Waals surface area contributed by atoms with Crippen LogP contribution in [0.25, 0.3) is 0 Å². The molecular weight excluding hydrogens is 220 g/mol. The van der Waals surface area contributed by atoms with Crippen LogP contribution in [0.3, 0.4) is 0 Å². The lowest BCUT2D eigenvalue weighted by molar-refractivity contribution is -0.141. The molecule has 96 valence electrons. The van der Waals surface area contributed by atoms with Crippen molar-refractivity contribution in [3.8, 4) is 0 Å². The van der Waals surface area contributed by atoms with E-state index in [1.807, 2.05) is 0 Å². The Balaban J connectivity index is 2.48. The van der Waals surface area contributed by atoms with E-state index in [-0.39, 0.29) is 5.92 Å². The summed E-state index contributed by atoms with van der Waals surface area (Å²) in [5, 5.41) is 20.3. The van der Waals surface area contributed by atoms with Crippen LogP contribution in [0, 0.1) is 11.8 Å². The van der Waals surface area contributed by atoms with Crippen LogP contribution < -0.4 is 0 Å². The van der Waals surface area contributed by atoms with E-state index >= 15 is 0 Å². The Hall–Kier alpha value is -1.46. The summed E-state index contributed by atoms with van der Waals surface area (Å²) in [6.45, 7) is 6.57. The zero-order chi connectivity index (χ0) is 12.8. The maximum Gasteiger partial charge on any atom is 0.306 e. The second-order valence-electron chi connectivity index (χ2n) is 4.78. The average molecular weight is 240 g/mol. The molecule has 1 N–H and O–H groups in total. The van der Waals surface area contributed by atoms with Gasteiger partial charge in [-0.15, -0.1) is 5.10 Å². The first kappa shape index (κ1) is 13.6. The van der Waals surface area contributed by atoms with Gasteiger partial charge in [-0.25, -0.2) is 4.68 Å². The lowest BCUT2D eigenvalue weighted by atomic mass is 10.1. The van der Waals surface area contributed by atoms with Crippen LogP contribution in [0.4, 0.5) is 0 Å². The van der Waals surface area contributed by atoms with Gasteiger partial charge in [-0.2, -0.15) is 0 Å². The molecule has 0 saturated heterocycles. The van der Waals surface area contributed by atoms with Gasteiger partial charge in [-0.3, -0.25) is 4.79 Å². The maximum absolute atomic E-state index is 10.7. The summed E-state index contributed by atoms with van der Waals surface area (Å²) in [5.74, 6) is 0.313.